The van der Waals surface area contributed by atoms with E-state index >= 15 is 0 Å². The summed E-state index contributed by atoms with van der Waals surface area (Å²) in [5.41, 5.74) is 6.46. The Labute approximate surface area is 144 Å². The fraction of sp³-hybridized carbons (Fsp3) is 0.154. The van der Waals surface area contributed by atoms with Crippen LogP contribution in [0.15, 0.2) is 22.9 Å². The van der Waals surface area contributed by atoms with E-state index in [2.05, 4.69) is 25.9 Å². The lowest BCUT2D eigenvalue weighted by molar-refractivity contribution is 0.1000. The molecule has 1 unspecified atom stereocenters. The summed E-state index contributed by atoms with van der Waals surface area (Å²) < 4.78 is 0.765. The van der Waals surface area contributed by atoms with Crippen molar-refractivity contribution in [1.29, 1.82) is 0 Å². The number of hydrogen-bond donors (Lipinski definition) is 1. The Morgan fingerprint density at radius 2 is 1.95 bits per heavy atom. The molecule has 2 rings (SSSR count). The fourth-order valence-corrected chi connectivity index (χ4v) is 3.36. The summed E-state index contributed by atoms with van der Waals surface area (Å²) >= 11 is 21.6. The van der Waals surface area contributed by atoms with Crippen molar-refractivity contribution in [3.8, 4) is 0 Å². The molecule has 2 N–H and O–H groups in total. The SMILES string of the molecule is CC(c1cnc(Cl)c(C(N)=O)c1Cl)c1ncc(Br)cc1Cl. The Morgan fingerprint density at radius 3 is 2.52 bits per heavy atom. The molecule has 0 saturated carbocycles. The van der Waals surface area contributed by atoms with Crippen LogP contribution >= 0.6 is 50.7 Å². The first-order chi connectivity index (χ1) is 9.82. The summed E-state index contributed by atoms with van der Waals surface area (Å²) in [5, 5.41) is 0.609. The van der Waals surface area contributed by atoms with Crippen molar-refractivity contribution in [1.82, 2.24) is 9.97 Å². The van der Waals surface area contributed by atoms with Crippen LogP contribution in [0, 0.1) is 0 Å². The van der Waals surface area contributed by atoms with Gasteiger partial charge in [-0.05, 0) is 27.6 Å². The van der Waals surface area contributed by atoms with Gasteiger partial charge in [-0.15, -0.1) is 0 Å². The van der Waals surface area contributed by atoms with E-state index in [4.69, 9.17) is 40.5 Å². The minimum atomic E-state index is -0.735. The maximum Gasteiger partial charge on any atom is 0.253 e. The van der Waals surface area contributed by atoms with Crippen LogP contribution in [0.5, 0.6) is 0 Å². The van der Waals surface area contributed by atoms with Gasteiger partial charge < -0.3 is 5.73 Å². The second kappa shape index (κ2) is 6.48. The van der Waals surface area contributed by atoms with Crippen LogP contribution in [0.4, 0.5) is 0 Å². The maximum absolute atomic E-state index is 11.4. The number of hydrogen-bond acceptors (Lipinski definition) is 3. The van der Waals surface area contributed by atoms with Crippen molar-refractivity contribution < 1.29 is 4.79 Å². The highest BCUT2D eigenvalue weighted by molar-refractivity contribution is 9.10. The summed E-state index contributed by atoms with van der Waals surface area (Å²) in [6, 6.07) is 1.73. The van der Waals surface area contributed by atoms with Gasteiger partial charge in [-0.3, -0.25) is 9.78 Å². The van der Waals surface area contributed by atoms with E-state index in [9.17, 15) is 4.79 Å². The lowest BCUT2D eigenvalue weighted by Gasteiger charge is -2.16. The van der Waals surface area contributed by atoms with Gasteiger partial charge in [0.25, 0.3) is 5.91 Å². The molecule has 4 nitrogen and oxygen atoms in total. The molecule has 1 amide bonds. The van der Waals surface area contributed by atoms with Gasteiger partial charge in [0, 0.05) is 22.8 Å². The van der Waals surface area contributed by atoms with E-state index in [0.29, 0.717) is 16.3 Å². The number of amides is 1. The Hall–Kier alpha value is -0.880. The fourth-order valence-electron chi connectivity index (χ4n) is 1.89. The summed E-state index contributed by atoms with van der Waals surface area (Å²) in [6.45, 7) is 1.85. The van der Waals surface area contributed by atoms with Crippen LogP contribution in [0.2, 0.25) is 15.2 Å². The molecule has 0 radical (unpaired) electrons. The Morgan fingerprint density at radius 1 is 1.29 bits per heavy atom. The average molecular weight is 409 g/mol. The highest BCUT2D eigenvalue weighted by Crippen LogP contribution is 2.36. The minimum absolute atomic E-state index is 0.00378. The van der Waals surface area contributed by atoms with Crippen molar-refractivity contribution >= 4 is 56.6 Å². The molecular weight excluding hydrogens is 400 g/mol. The summed E-state index contributed by atoms with van der Waals surface area (Å²) in [7, 11) is 0. The highest BCUT2D eigenvalue weighted by Gasteiger charge is 2.23. The quantitative estimate of drug-likeness (QED) is 0.762. The van der Waals surface area contributed by atoms with Crippen molar-refractivity contribution in [2.45, 2.75) is 12.8 Å². The molecule has 2 aromatic heterocycles. The minimum Gasteiger partial charge on any atom is -0.365 e. The molecule has 2 aromatic rings. The lowest BCUT2D eigenvalue weighted by Crippen LogP contribution is -2.15. The van der Waals surface area contributed by atoms with Gasteiger partial charge in [-0.1, -0.05) is 41.7 Å². The monoisotopic (exact) mass is 407 g/mol. The van der Waals surface area contributed by atoms with Gasteiger partial charge in [-0.2, -0.15) is 0 Å². The first-order valence-electron chi connectivity index (χ1n) is 5.77. The van der Waals surface area contributed by atoms with Gasteiger partial charge in [0.2, 0.25) is 0 Å². The molecule has 0 aliphatic carbocycles. The molecule has 1 atom stereocenters. The van der Waals surface area contributed by atoms with Crippen LogP contribution < -0.4 is 5.73 Å². The third-order valence-electron chi connectivity index (χ3n) is 2.96. The molecule has 0 aromatic carbocycles. The van der Waals surface area contributed by atoms with Gasteiger partial charge in [0.05, 0.1) is 21.3 Å². The molecule has 0 aliphatic heterocycles. The second-order valence-corrected chi connectivity index (χ2v) is 6.36. The first-order valence-corrected chi connectivity index (χ1v) is 7.70. The van der Waals surface area contributed by atoms with E-state index in [0.717, 1.165) is 4.47 Å². The zero-order chi connectivity index (χ0) is 15.7. The second-order valence-electron chi connectivity index (χ2n) is 4.30. The standard InChI is InChI=1S/C13H9BrCl3N3O/c1-5(11-8(15)2-6(14)3-19-11)7-4-20-12(17)9(10(7)16)13(18)21/h2-5H,1H3,(H2,18,21). The first kappa shape index (κ1) is 16.5. The molecule has 0 aliphatic rings. The average Bonchev–Trinajstić information content (AvgIpc) is 2.37. The number of aromatic nitrogens is 2. The molecule has 8 heteroatoms. The Kier molecular flexibility index (Phi) is 5.09. The van der Waals surface area contributed by atoms with Crippen molar-refractivity contribution in [3.05, 3.63) is 55.0 Å². The highest BCUT2D eigenvalue weighted by atomic mass is 79.9. The zero-order valence-electron chi connectivity index (χ0n) is 10.7. The molecule has 0 spiro atoms. The van der Waals surface area contributed by atoms with Gasteiger partial charge in [0.15, 0.2) is 0 Å². The molecule has 0 fully saturated rings. The number of nitrogens with zero attached hydrogens (tertiary/aromatic N) is 2. The molecule has 2 heterocycles. The maximum atomic E-state index is 11.4. The van der Waals surface area contributed by atoms with Crippen molar-refractivity contribution in [2.75, 3.05) is 0 Å². The van der Waals surface area contributed by atoms with E-state index in [-0.39, 0.29) is 21.7 Å². The van der Waals surface area contributed by atoms with Crippen LogP contribution in [0.3, 0.4) is 0 Å². The molecular formula is C13H9BrCl3N3O. The summed E-state index contributed by atoms with van der Waals surface area (Å²) in [5.74, 6) is -1.01. The molecule has 21 heavy (non-hydrogen) atoms. The lowest BCUT2D eigenvalue weighted by atomic mass is 9.97. The number of carbonyl (C=O) groups excluding carboxylic acids is 1. The zero-order valence-corrected chi connectivity index (χ0v) is 14.6. The molecule has 0 saturated heterocycles. The third kappa shape index (κ3) is 3.31. The topological polar surface area (TPSA) is 68.9 Å². The number of rotatable bonds is 3. The van der Waals surface area contributed by atoms with Crippen LogP contribution in [-0.2, 0) is 0 Å². The van der Waals surface area contributed by atoms with Crippen LogP contribution in [0.25, 0.3) is 0 Å². The summed E-state index contributed by atoms with van der Waals surface area (Å²) in [6.07, 6.45) is 3.12. The van der Waals surface area contributed by atoms with Crippen molar-refractivity contribution in [2.24, 2.45) is 5.73 Å². The number of pyridine rings is 2. The van der Waals surface area contributed by atoms with Gasteiger partial charge in [-0.25, -0.2) is 4.98 Å². The third-order valence-corrected chi connectivity index (χ3v) is 4.39. The van der Waals surface area contributed by atoms with Crippen LogP contribution in [0.1, 0.15) is 34.5 Å². The predicted octanol–water partition coefficient (Wildman–Crippen LogP) is 4.45. The Balaban J connectivity index is 2.56. The molecule has 110 valence electrons. The largest absolute Gasteiger partial charge is 0.365 e. The Bertz CT molecular complexity index is 724. The van der Waals surface area contributed by atoms with Gasteiger partial charge >= 0.3 is 0 Å². The normalized spacial score (nSPS) is 12.2. The molecule has 0 bridgehead atoms. The number of carbonyl (C=O) groups is 1. The van der Waals surface area contributed by atoms with E-state index in [1.54, 1.807) is 12.3 Å². The predicted molar refractivity (Wildman–Crippen MR) is 87.2 cm³/mol. The van der Waals surface area contributed by atoms with Crippen molar-refractivity contribution in [3.63, 3.8) is 0 Å². The van der Waals surface area contributed by atoms with E-state index < -0.39 is 5.91 Å². The van der Waals surface area contributed by atoms with Gasteiger partial charge in [0.1, 0.15) is 5.15 Å². The van der Waals surface area contributed by atoms with E-state index in [1.165, 1.54) is 6.20 Å². The number of primary amides is 1. The van der Waals surface area contributed by atoms with E-state index in [1.807, 2.05) is 6.92 Å². The summed E-state index contributed by atoms with van der Waals surface area (Å²) in [4.78, 5) is 19.7. The van der Waals surface area contributed by atoms with Crippen LogP contribution in [-0.4, -0.2) is 15.9 Å². The smallest absolute Gasteiger partial charge is 0.253 e. The number of halogens is 4. The number of nitrogens with two attached hydrogens (primary N) is 1.